The normalized spacial score (nSPS) is 10.5. The second kappa shape index (κ2) is 5.94. The molecule has 17 heavy (non-hydrogen) atoms. The summed E-state index contributed by atoms with van der Waals surface area (Å²) >= 11 is 8.64. The van der Waals surface area contributed by atoms with Crippen molar-refractivity contribution in [2.75, 3.05) is 5.73 Å². The van der Waals surface area contributed by atoms with Crippen LogP contribution in [0.25, 0.3) is 0 Å². The topological polar surface area (TPSA) is 26.0 Å². The van der Waals surface area contributed by atoms with Gasteiger partial charge in [-0.2, -0.15) is 0 Å². The van der Waals surface area contributed by atoms with E-state index in [1.54, 1.807) is 11.8 Å². The lowest BCUT2D eigenvalue weighted by Crippen LogP contribution is -1.88. The van der Waals surface area contributed by atoms with E-state index in [9.17, 15) is 0 Å². The molecule has 0 heterocycles. The molecule has 0 unspecified atom stereocenters. The number of anilines is 1. The second-order valence-electron chi connectivity index (χ2n) is 3.60. The van der Waals surface area contributed by atoms with Crippen LogP contribution in [0.4, 0.5) is 5.69 Å². The van der Waals surface area contributed by atoms with E-state index < -0.39 is 0 Å². The van der Waals surface area contributed by atoms with Gasteiger partial charge >= 0.3 is 0 Å². The minimum absolute atomic E-state index is 0.829. The number of nitrogen functional groups attached to an aromatic ring is 1. The molecule has 0 atom stereocenters. The molecule has 0 amide bonds. The van der Waals surface area contributed by atoms with E-state index in [1.165, 1.54) is 5.56 Å². The van der Waals surface area contributed by atoms with Gasteiger partial charge in [0.2, 0.25) is 0 Å². The Balaban J connectivity index is 2.07. The lowest BCUT2D eigenvalue weighted by molar-refractivity contribution is 1.37. The summed E-state index contributed by atoms with van der Waals surface area (Å²) < 4.78 is 2.17. The first-order chi connectivity index (χ1) is 8.15. The van der Waals surface area contributed by atoms with Gasteiger partial charge in [-0.05, 0) is 35.9 Å². The summed E-state index contributed by atoms with van der Waals surface area (Å²) in [4.78, 5) is 1.11. The van der Waals surface area contributed by atoms with Gasteiger partial charge in [0.05, 0.1) is 0 Å². The molecule has 0 saturated carbocycles. The summed E-state index contributed by atoms with van der Waals surface area (Å²) in [5, 5.41) is 0. The summed E-state index contributed by atoms with van der Waals surface area (Å²) in [6.45, 7) is 0. The SMILES string of the molecule is Nc1ccc(Br)cc1SCc1ccc(Br)cc1. The summed E-state index contributed by atoms with van der Waals surface area (Å²) in [6, 6.07) is 14.3. The van der Waals surface area contributed by atoms with Crippen molar-refractivity contribution in [3.63, 3.8) is 0 Å². The zero-order valence-corrected chi connectivity index (χ0v) is 13.0. The fraction of sp³-hybridized carbons (Fsp3) is 0.0769. The van der Waals surface area contributed by atoms with E-state index in [1.807, 2.05) is 12.1 Å². The molecule has 0 spiro atoms. The van der Waals surface area contributed by atoms with E-state index in [0.29, 0.717) is 0 Å². The van der Waals surface area contributed by atoms with Crippen LogP contribution < -0.4 is 5.73 Å². The Morgan fingerprint density at radius 2 is 1.59 bits per heavy atom. The molecule has 0 aliphatic rings. The first kappa shape index (κ1) is 13.0. The third kappa shape index (κ3) is 3.76. The predicted octanol–water partition coefficient (Wildman–Crippen LogP) is 5.09. The third-order valence-electron chi connectivity index (χ3n) is 2.28. The lowest BCUT2D eigenvalue weighted by atomic mass is 10.2. The summed E-state index contributed by atoms with van der Waals surface area (Å²) in [5.41, 5.74) is 8.05. The van der Waals surface area contributed by atoms with E-state index in [0.717, 1.165) is 25.3 Å². The number of halogens is 2. The molecule has 1 nitrogen and oxygen atoms in total. The van der Waals surface area contributed by atoms with Crippen molar-refractivity contribution in [2.45, 2.75) is 10.6 Å². The molecule has 88 valence electrons. The van der Waals surface area contributed by atoms with E-state index in [2.05, 4.69) is 62.2 Å². The van der Waals surface area contributed by atoms with Crippen LogP contribution in [0, 0.1) is 0 Å². The summed E-state index contributed by atoms with van der Waals surface area (Å²) in [6.07, 6.45) is 0. The molecule has 0 fully saturated rings. The molecule has 2 aromatic rings. The first-order valence-corrected chi connectivity index (χ1v) is 7.64. The minimum Gasteiger partial charge on any atom is -0.398 e. The highest BCUT2D eigenvalue weighted by molar-refractivity contribution is 9.10. The molecular weight excluding hydrogens is 362 g/mol. The zero-order valence-electron chi connectivity index (χ0n) is 8.99. The lowest BCUT2D eigenvalue weighted by Gasteiger charge is -2.06. The average molecular weight is 373 g/mol. The van der Waals surface area contributed by atoms with Crippen LogP contribution in [-0.2, 0) is 5.75 Å². The van der Waals surface area contributed by atoms with Crippen molar-refractivity contribution in [1.29, 1.82) is 0 Å². The maximum Gasteiger partial charge on any atom is 0.0453 e. The van der Waals surface area contributed by atoms with Crippen molar-refractivity contribution in [3.8, 4) is 0 Å². The Morgan fingerprint density at radius 3 is 2.29 bits per heavy atom. The fourth-order valence-corrected chi connectivity index (χ4v) is 3.11. The smallest absolute Gasteiger partial charge is 0.0453 e. The summed E-state index contributed by atoms with van der Waals surface area (Å²) in [5.74, 6) is 0.925. The molecule has 2 N–H and O–H groups in total. The molecule has 0 aromatic heterocycles. The molecule has 2 rings (SSSR count). The molecule has 0 aliphatic heterocycles. The Kier molecular flexibility index (Phi) is 4.54. The van der Waals surface area contributed by atoms with Crippen LogP contribution in [0.2, 0.25) is 0 Å². The second-order valence-corrected chi connectivity index (χ2v) is 6.45. The third-order valence-corrected chi connectivity index (χ3v) is 4.45. The van der Waals surface area contributed by atoms with Crippen LogP contribution in [0.5, 0.6) is 0 Å². The van der Waals surface area contributed by atoms with Crippen molar-refractivity contribution >= 4 is 49.3 Å². The van der Waals surface area contributed by atoms with Gasteiger partial charge in [0.15, 0.2) is 0 Å². The molecule has 0 aliphatic carbocycles. The van der Waals surface area contributed by atoms with Crippen LogP contribution in [0.1, 0.15) is 5.56 Å². The van der Waals surface area contributed by atoms with Gasteiger partial charge in [0.25, 0.3) is 0 Å². The van der Waals surface area contributed by atoms with Crippen LogP contribution in [0.3, 0.4) is 0 Å². The van der Waals surface area contributed by atoms with Gasteiger partial charge in [-0.3, -0.25) is 0 Å². The summed E-state index contributed by atoms with van der Waals surface area (Å²) in [7, 11) is 0. The largest absolute Gasteiger partial charge is 0.398 e. The Labute approximate surface area is 122 Å². The van der Waals surface area contributed by atoms with Crippen molar-refractivity contribution < 1.29 is 0 Å². The van der Waals surface area contributed by atoms with E-state index in [-0.39, 0.29) is 0 Å². The van der Waals surface area contributed by atoms with Crippen LogP contribution in [-0.4, -0.2) is 0 Å². The number of hydrogen-bond acceptors (Lipinski definition) is 2. The Hall–Kier alpha value is -0.450. The molecule has 4 heteroatoms. The van der Waals surface area contributed by atoms with Crippen molar-refractivity contribution in [1.82, 2.24) is 0 Å². The predicted molar refractivity (Wildman–Crippen MR) is 82.3 cm³/mol. The van der Waals surface area contributed by atoms with Crippen molar-refractivity contribution in [2.24, 2.45) is 0 Å². The monoisotopic (exact) mass is 371 g/mol. The highest BCUT2D eigenvalue weighted by Gasteiger charge is 2.01. The Morgan fingerprint density at radius 1 is 0.941 bits per heavy atom. The van der Waals surface area contributed by atoms with Gasteiger partial charge in [-0.1, -0.05) is 44.0 Å². The average Bonchev–Trinajstić information content (AvgIpc) is 2.32. The minimum atomic E-state index is 0.829. The van der Waals surface area contributed by atoms with Crippen molar-refractivity contribution in [3.05, 3.63) is 57.0 Å². The number of hydrogen-bond donors (Lipinski definition) is 1. The van der Waals surface area contributed by atoms with Gasteiger partial charge in [0.1, 0.15) is 0 Å². The molecule has 2 aromatic carbocycles. The van der Waals surface area contributed by atoms with E-state index >= 15 is 0 Å². The Bertz CT molecular complexity index is 511. The molecule has 0 bridgehead atoms. The quantitative estimate of drug-likeness (QED) is 0.600. The molecule has 0 radical (unpaired) electrons. The van der Waals surface area contributed by atoms with Crippen LogP contribution >= 0.6 is 43.6 Å². The van der Waals surface area contributed by atoms with Gasteiger partial charge in [0, 0.05) is 25.3 Å². The highest BCUT2D eigenvalue weighted by Crippen LogP contribution is 2.30. The molecular formula is C13H11Br2NS. The number of rotatable bonds is 3. The fourth-order valence-electron chi connectivity index (χ4n) is 1.37. The van der Waals surface area contributed by atoms with Crippen LogP contribution in [0.15, 0.2) is 56.3 Å². The van der Waals surface area contributed by atoms with Gasteiger partial charge in [-0.15, -0.1) is 11.8 Å². The number of nitrogens with two attached hydrogens (primary N) is 1. The standard InChI is InChI=1S/C13H11Br2NS/c14-10-3-1-9(2-4-10)8-17-13-7-11(15)5-6-12(13)16/h1-7H,8,16H2. The number of benzene rings is 2. The van der Waals surface area contributed by atoms with Gasteiger partial charge < -0.3 is 5.73 Å². The maximum absolute atomic E-state index is 5.93. The van der Waals surface area contributed by atoms with Gasteiger partial charge in [-0.25, -0.2) is 0 Å². The molecule has 0 saturated heterocycles. The maximum atomic E-state index is 5.93. The zero-order chi connectivity index (χ0) is 12.3. The highest BCUT2D eigenvalue weighted by atomic mass is 79.9. The first-order valence-electron chi connectivity index (χ1n) is 5.07. The number of thioether (sulfide) groups is 1. The van der Waals surface area contributed by atoms with E-state index in [4.69, 9.17) is 5.73 Å².